The quantitative estimate of drug-likeness (QED) is 0.554. The van der Waals surface area contributed by atoms with Gasteiger partial charge in [-0.05, 0) is 14.0 Å². The fraction of sp³-hybridized carbons (Fsp3) is 0.857. The van der Waals surface area contributed by atoms with Crippen molar-refractivity contribution >= 4 is 5.91 Å². The number of nitrogens with two attached hydrogens (primary N) is 1. The Kier molecular flexibility index (Phi) is 4.81. The molecule has 0 aromatic rings. The summed E-state index contributed by atoms with van der Waals surface area (Å²) in [6, 6.07) is -0.0939. The molecule has 4 heteroatoms. The minimum atomic E-state index is -0.0939. The molecular formula is C7H17N3O. The predicted octanol–water partition coefficient (Wildman–Crippen LogP) is -0.989. The van der Waals surface area contributed by atoms with E-state index in [9.17, 15) is 4.79 Å². The molecule has 0 rings (SSSR count). The van der Waals surface area contributed by atoms with Crippen LogP contribution < -0.4 is 11.1 Å². The summed E-state index contributed by atoms with van der Waals surface area (Å²) in [7, 11) is 3.52. The minimum absolute atomic E-state index is 0.0287. The van der Waals surface area contributed by atoms with E-state index in [0.717, 1.165) is 6.54 Å². The Labute approximate surface area is 67.7 Å². The van der Waals surface area contributed by atoms with Crippen LogP contribution in [0.25, 0.3) is 0 Å². The highest BCUT2D eigenvalue weighted by Gasteiger charge is 2.14. The van der Waals surface area contributed by atoms with Crippen molar-refractivity contribution in [3.05, 3.63) is 0 Å². The number of amides is 1. The number of carbonyl (C=O) groups excluding carboxylic acids is 1. The first-order valence-electron chi connectivity index (χ1n) is 3.75. The average molecular weight is 159 g/mol. The molecule has 4 nitrogen and oxygen atoms in total. The van der Waals surface area contributed by atoms with Gasteiger partial charge in [0.1, 0.15) is 0 Å². The van der Waals surface area contributed by atoms with Crippen molar-refractivity contribution in [3.63, 3.8) is 0 Å². The van der Waals surface area contributed by atoms with Gasteiger partial charge in [-0.15, -0.1) is 0 Å². The predicted molar refractivity (Wildman–Crippen MR) is 45.2 cm³/mol. The molecule has 11 heavy (non-hydrogen) atoms. The maximum Gasteiger partial charge on any atom is 0.236 e. The summed E-state index contributed by atoms with van der Waals surface area (Å²) in [6.45, 7) is 3.18. The second kappa shape index (κ2) is 5.09. The fourth-order valence-electron chi connectivity index (χ4n) is 0.806. The summed E-state index contributed by atoms with van der Waals surface area (Å²) in [5, 5.41) is 2.58. The Morgan fingerprint density at radius 3 is 2.64 bits per heavy atom. The fourth-order valence-corrected chi connectivity index (χ4v) is 0.806. The van der Waals surface area contributed by atoms with Gasteiger partial charge in [0.05, 0.1) is 6.04 Å². The first-order valence-corrected chi connectivity index (χ1v) is 3.75. The lowest BCUT2D eigenvalue weighted by Crippen LogP contribution is -2.43. The van der Waals surface area contributed by atoms with Gasteiger partial charge in [-0.3, -0.25) is 9.69 Å². The van der Waals surface area contributed by atoms with E-state index in [-0.39, 0.29) is 11.9 Å². The third-order valence-electron chi connectivity index (χ3n) is 1.77. The molecule has 0 saturated carbocycles. The molecule has 0 aliphatic heterocycles. The molecular weight excluding hydrogens is 142 g/mol. The van der Waals surface area contributed by atoms with E-state index in [1.54, 1.807) is 7.05 Å². The van der Waals surface area contributed by atoms with Crippen LogP contribution in [-0.4, -0.2) is 44.0 Å². The van der Waals surface area contributed by atoms with Gasteiger partial charge in [0.2, 0.25) is 5.91 Å². The second-order valence-corrected chi connectivity index (χ2v) is 2.56. The average Bonchev–Trinajstić information content (AvgIpc) is 2.02. The van der Waals surface area contributed by atoms with Crippen LogP contribution in [-0.2, 0) is 4.79 Å². The van der Waals surface area contributed by atoms with Gasteiger partial charge in [-0.2, -0.15) is 0 Å². The molecule has 0 saturated heterocycles. The van der Waals surface area contributed by atoms with Crippen molar-refractivity contribution in [1.82, 2.24) is 10.2 Å². The van der Waals surface area contributed by atoms with Gasteiger partial charge in [-0.1, -0.05) is 0 Å². The summed E-state index contributed by atoms with van der Waals surface area (Å²) in [6.07, 6.45) is 0. The van der Waals surface area contributed by atoms with Crippen LogP contribution >= 0.6 is 0 Å². The Balaban J connectivity index is 3.80. The number of carbonyl (C=O) groups is 1. The highest BCUT2D eigenvalue weighted by atomic mass is 16.2. The van der Waals surface area contributed by atoms with Crippen LogP contribution in [0, 0.1) is 0 Å². The van der Waals surface area contributed by atoms with Crippen LogP contribution in [0.2, 0.25) is 0 Å². The molecule has 0 bridgehead atoms. The van der Waals surface area contributed by atoms with E-state index in [1.807, 2.05) is 18.9 Å². The van der Waals surface area contributed by atoms with E-state index in [2.05, 4.69) is 5.32 Å². The third kappa shape index (κ3) is 3.34. The van der Waals surface area contributed by atoms with Gasteiger partial charge in [-0.25, -0.2) is 0 Å². The summed E-state index contributed by atoms with van der Waals surface area (Å²) in [4.78, 5) is 12.9. The molecule has 1 unspecified atom stereocenters. The van der Waals surface area contributed by atoms with Crippen molar-refractivity contribution < 1.29 is 4.79 Å². The maximum absolute atomic E-state index is 11.0. The van der Waals surface area contributed by atoms with E-state index in [0.29, 0.717) is 6.54 Å². The van der Waals surface area contributed by atoms with Gasteiger partial charge < -0.3 is 11.1 Å². The number of hydrogen-bond donors (Lipinski definition) is 2. The molecule has 0 aromatic heterocycles. The number of rotatable bonds is 4. The molecule has 0 aromatic carbocycles. The minimum Gasteiger partial charge on any atom is -0.358 e. The zero-order valence-electron chi connectivity index (χ0n) is 7.42. The SMILES string of the molecule is CNC(=O)C(C)N(C)CCN. The van der Waals surface area contributed by atoms with Gasteiger partial charge >= 0.3 is 0 Å². The highest BCUT2D eigenvalue weighted by Crippen LogP contribution is 1.92. The van der Waals surface area contributed by atoms with Crippen LogP contribution in [0.15, 0.2) is 0 Å². The molecule has 3 N–H and O–H groups in total. The summed E-state index contributed by atoms with van der Waals surface area (Å²) in [5.41, 5.74) is 5.34. The smallest absolute Gasteiger partial charge is 0.236 e. The molecule has 0 fully saturated rings. The number of likely N-dealkylation sites (N-methyl/N-ethyl adjacent to an activating group) is 2. The molecule has 0 heterocycles. The number of hydrogen-bond acceptors (Lipinski definition) is 3. The Hall–Kier alpha value is -0.610. The van der Waals surface area contributed by atoms with Gasteiger partial charge in [0.15, 0.2) is 0 Å². The largest absolute Gasteiger partial charge is 0.358 e. The molecule has 0 aliphatic carbocycles. The standard InChI is InChI=1S/C7H17N3O/c1-6(7(11)9-2)10(3)5-4-8/h6H,4-5,8H2,1-3H3,(H,9,11). The molecule has 66 valence electrons. The van der Waals surface area contributed by atoms with E-state index in [4.69, 9.17) is 5.73 Å². The Morgan fingerprint density at radius 2 is 2.27 bits per heavy atom. The van der Waals surface area contributed by atoms with Crippen LogP contribution in [0.5, 0.6) is 0 Å². The lowest BCUT2D eigenvalue weighted by Gasteiger charge is -2.21. The normalized spacial score (nSPS) is 13.2. The molecule has 0 radical (unpaired) electrons. The zero-order valence-corrected chi connectivity index (χ0v) is 7.42. The first-order chi connectivity index (χ1) is 5.13. The van der Waals surface area contributed by atoms with Crippen LogP contribution in [0.3, 0.4) is 0 Å². The second-order valence-electron chi connectivity index (χ2n) is 2.56. The molecule has 1 amide bonds. The lowest BCUT2D eigenvalue weighted by molar-refractivity contribution is -0.124. The van der Waals surface area contributed by atoms with Gasteiger partial charge in [0.25, 0.3) is 0 Å². The summed E-state index contributed by atoms with van der Waals surface area (Å²) < 4.78 is 0. The van der Waals surface area contributed by atoms with Crippen LogP contribution in [0.4, 0.5) is 0 Å². The number of nitrogens with zero attached hydrogens (tertiary/aromatic N) is 1. The Bertz CT molecular complexity index is 127. The Morgan fingerprint density at radius 1 is 1.73 bits per heavy atom. The molecule has 0 aliphatic rings. The summed E-state index contributed by atoms with van der Waals surface area (Å²) in [5.74, 6) is 0.0287. The van der Waals surface area contributed by atoms with E-state index >= 15 is 0 Å². The third-order valence-corrected chi connectivity index (χ3v) is 1.77. The van der Waals surface area contributed by atoms with E-state index in [1.165, 1.54) is 0 Å². The first kappa shape index (κ1) is 10.4. The molecule has 1 atom stereocenters. The zero-order chi connectivity index (χ0) is 8.85. The van der Waals surface area contributed by atoms with Crippen LogP contribution in [0.1, 0.15) is 6.92 Å². The molecule has 0 spiro atoms. The number of nitrogens with one attached hydrogen (secondary N) is 1. The maximum atomic E-state index is 11.0. The lowest BCUT2D eigenvalue weighted by atomic mass is 10.3. The topological polar surface area (TPSA) is 58.4 Å². The monoisotopic (exact) mass is 159 g/mol. The van der Waals surface area contributed by atoms with Crippen molar-refractivity contribution in [2.45, 2.75) is 13.0 Å². The van der Waals surface area contributed by atoms with Crippen molar-refractivity contribution in [2.75, 3.05) is 27.2 Å². The van der Waals surface area contributed by atoms with Crippen molar-refractivity contribution in [2.24, 2.45) is 5.73 Å². The highest BCUT2D eigenvalue weighted by molar-refractivity contribution is 5.80. The summed E-state index contributed by atoms with van der Waals surface area (Å²) >= 11 is 0. The van der Waals surface area contributed by atoms with E-state index < -0.39 is 0 Å². The van der Waals surface area contributed by atoms with Gasteiger partial charge in [0, 0.05) is 20.1 Å². The van der Waals surface area contributed by atoms with Crippen molar-refractivity contribution in [1.29, 1.82) is 0 Å². The van der Waals surface area contributed by atoms with Crippen molar-refractivity contribution in [3.8, 4) is 0 Å².